The van der Waals surface area contributed by atoms with E-state index in [9.17, 15) is 5.26 Å². The molecule has 0 N–H and O–H groups in total. The summed E-state index contributed by atoms with van der Waals surface area (Å²) in [6, 6.07) is 118. The van der Waals surface area contributed by atoms with Crippen molar-refractivity contribution in [1.82, 2.24) is 18.3 Å². The minimum atomic E-state index is 0.522. The number of para-hydroxylation sites is 4. The maximum atomic E-state index is 13.3. The number of aromatic nitrogens is 4. The van der Waals surface area contributed by atoms with Gasteiger partial charge in [-0.3, -0.25) is 0 Å². The normalized spacial score (nSPS) is 11.8. The maximum Gasteiger partial charge on any atom is 0.104 e. The number of nitrogens with zero attached hydrogens (tertiary/aromatic N) is 5. The SMILES string of the molecule is Cc1ccccc1-c1c(-n2c3ccc(-c4ccccc4)cc3c3cc(-c4ccccc4)ccc32)c(-n2c3ccccc3c3ccccc32)c(C#N)c(-n2c3ccccc3c3ccccc32)c1-n1c2ccc(-c3ccccc3)cc2c2cc(-c3ccccc3)ccc21. The summed E-state index contributed by atoms with van der Waals surface area (Å²) >= 11 is 0. The lowest BCUT2D eigenvalue weighted by Gasteiger charge is -2.30. The molecule has 0 radical (unpaired) electrons. The molecule has 0 spiro atoms. The Hall–Kier alpha value is -12.2. The zero-order valence-corrected chi connectivity index (χ0v) is 49.8. The highest BCUT2D eigenvalue weighted by Gasteiger charge is 2.36. The van der Waals surface area contributed by atoms with Crippen LogP contribution in [0.5, 0.6) is 0 Å². The van der Waals surface area contributed by atoms with E-state index in [1.165, 1.54) is 0 Å². The Morgan fingerprint density at radius 3 is 0.780 bits per heavy atom. The summed E-state index contributed by atoms with van der Waals surface area (Å²) in [4.78, 5) is 0. The summed E-state index contributed by atoms with van der Waals surface area (Å²) in [7, 11) is 0. The van der Waals surface area contributed by atoms with E-state index in [0.29, 0.717) is 5.56 Å². The van der Waals surface area contributed by atoms with E-state index in [2.05, 4.69) is 347 Å². The van der Waals surface area contributed by atoms with Gasteiger partial charge < -0.3 is 18.3 Å². The van der Waals surface area contributed by atoms with Crippen molar-refractivity contribution in [3.8, 4) is 84.5 Å². The first-order chi connectivity index (χ1) is 45.1. The fraction of sp³-hybridized carbons (Fsp3) is 0.0116. The summed E-state index contributed by atoms with van der Waals surface area (Å²) in [6.45, 7) is 2.25. The topological polar surface area (TPSA) is 43.5 Å². The lowest BCUT2D eigenvalue weighted by atomic mass is 9.91. The van der Waals surface area contributed by atoms with Crippen LogP contribution in [-0.4, -0.2) is 18.3 Å². The first kappa shape index (κ1) is 51.9. The van der Waals surface area contributed by atoms with Crippen LogP contribution in [0.4, 0.5) is 0 Å². The third-order valence-corrected chi connectivity index (χ3v) is 18.9. The third-order valence-electron chi connectivity index (χ3n) is 18.9. The average Bonchev–Trinajstić information content (AvgIpc) is 1.60. The van der Waals surface area contributed by atoms with Crippen LogP contribution >= 0.6 is 0 Å². The van der Waals surface area contributed by atoms with Gasteiger partial charge in [-0.1, -0.05) is 243 Å². The second-order valence-electron chi connectivity index (χ2n) is 23.9. The fourth-order valence-electron chi connectivity index (χ4n) is 14.9. The van der Waals surface area contributed by atoms with Crippen LogP contribution in [0.3, 0.4) is 0 Å². The summed E-state index contributed by atoms with van der Waals surface area (Å²) in [5, 5.41) is 22.0. The first-order valence-electron chi connectivity index (χ1n) is 31.1. The van der Waals surface area contributed by atoms with Gasteiger partial charge in [0.1, 0.15) is 11.6 Å². The summed E-state index contributed by atoms with van der Waals surface area (Å²) < 4.78 is 9.87. The minimum absolute atomic E-state index is 0.522. The molecule has 14 aromatic carbocycles. The molecule has 5 nitrogen and oxygen atoms in total. The van der Waals surface area contributed by atoms with Gasteiger partial charge in [0.25, 0.3) is 0 Å². The summed E-state index contributed by atoms with van der Waals surface area (Å²) in [6.07, 6.45) is 0. The van der Waals surface area contributed by atoms with Crippen LogP contribution in [0, 0.1) is 18.3 Å². The number of rotatable bonds is 9. The van der Waals surface area contributed by atoms with E-state index in [1.807, 2.05) is 0 Å². The summed E-state index contributed by atoms with van der Waals surface area (Å²) in [5.74, 6) is 0. The second kappa shape index (κ2) is 20.7. The Morgan fingerprint density at radius 1 is 0.231 bits per heavy atom. The molecule has 0 saturated carbocycles. The monoisotopic (exact) mass is 1160 g/mol. The number of aryl methyl sites for hydroxylation is 1. The third kappa shape index (κ3) is 7.96. The lowest BCUT2D eigenvalue weighted by Crippen LogP contribution is -2.16. The van der Waals surface area contributed by atoms with Gasteiger partial charge in [-0.05, 0) is 135 Å². The predicted octanol–water partition coefficient (Wildman–Crippen LogP) is 22.6. The van der Waals surface area contributed by atoms with Crippen LogP contribution < -0.4 is 0 Å². The van der Waals surface area contributed by atoms with Crippen molar-refractivity contribution in [3.05, 3.63) is 327 Å². The van der Waals surface area contributed by atoms with Gasteiger partial charge in [0.15, 0.2) is 0 Å². The highest BCUT2D eigenvalue weighted by Crippen LogP contribution is 2.53. The minimum Gasteiger partial charge on any atom is -0.306 e. The van der Waals surface area contributed by atoms with Gasteiger partial charge >= 0.3 is 0 Å². The predicted molar refractivity (Wildman–Crippen MR) is 380 cm³/mol. The molecular formula is C86H55N5. The molecule has 18 aromatic rings. The van der Waals surface area contributed by atoms with Crippen molar-refractivity contribution in [1.29, 1.82) is 5.26 Å². The quantitative estimate of drug-likeness (QED) is 0.142. The summed E-state index contributed by atoms with van der Waals surface area (Å²) in [5.41, 5.74) is 24.0. The number of benzene rings is 14. The van der Waals surface area contributed by atoms with Gasteiger partial charge in [-0.2, -0.15) is 5.26 Å². The van der Waals surface area contributed by atoms with E-state index in [-0.39, 0.29) is 0 Å². The average molecular weight is 1160 g/mol. The number of fused-ring (bicyclic) bond motifs is 12. The Kier molecular flexibility index (Phi) is 11.8. The molecule has 0 bridgehead atoms. The molecule has 91 heavy (non-hydrogen) atoms. The largest absolute Gasteiger partial charge is 0.306 e. The number of hydrogen-bond donors (Lipinski definition) is 0. The van der Waals surface area contributed by atoms with Crippen molar-refractivity contribution in [3.63, 3.8) is 0 Å². The molecule has 424 valence electrons. The van der Waals surface area contributed by atoms with E-state index in [1.54, 1.807) is 0 Å². The van der Waals surface area contributed by atoms with Crippen LogP contribution in [0.15, 0.2) is 315 Å². The van der Waals surface area contributed by atoms with Gasteiger partial charge in [0.2, 0.25) is 0 Å². The van der Waals surface area contributed by atoms with Gasteiger partial charge in [0.05, 0.1) is 66.9 Å². The molecule has 0 unspecified atom stereocenters. The van der Waals surface area contributed by atoms with E-state index < -0.39 is 0 Å². The molecule has 4 heterocycles. The van der Waals surface area contributed by atoms with Crippen molar-refractivity contribution < 1.29 is 0 Å². The number of nitriles is 1. The molecule has 0 fully saturated rings. The standard InChI is InChI=1S/C86H55N5/c1-55-24-14-15-33-64(55)82-85(90-78-46-42-60(56-25-6-2-7-26-56)50-69(78)70-51-61(43-47-79(70)90)57-27-8-3-9-28-57)83(88-74-38-20-16-34-65(74)66-35-17-21-39-75(66)88)73(54-87)84(89-76-40-22-18-36-67(76)68-37-19-23-41-77(68)89)86(82)91-80-48-44-62(58-29-10-4-11-30-58)52-71(80)72-53-63(45-49-81(72)91)59-31-12-5-13-32-59/h2-53H,1H3. The van der Waals surface area contributed by atoms with Gasteiger partial charge in [0, 0.05) is 48.7 Å². The molecule has 0 saturated heterocycles. The molecule has 18 rings (SSSR count). The van der Waals surface area contributed by atoms with Crippen LogP contribution in [0.2, 0.25) is 0 Å². The van der Waals surface area contributed by atoms with Gasteiger partial charge in [-0.15, -0.1) is 0 Å². The molecule has 4 aromatic heterocycles. The Balaban J connectivity index is 1.13. The van der Waals surface area contributed by atoms with Crippen LogP contribution in [-0.2, 0) is 0 Å². The van der Waals surface area contributed by atoms with E-state index in [4.69, 9.17) is 0 Å². The van der Waals surface area contributed by atoms with Crippen LogP contribution in [0.1, 0.15) is 11.1 Å². The van der Waals surface area contributed by atoms with Crippen molar-refractivity contribution >= 4 is 87.2 Å². The zero-order chi connectivity index (χ0) is 60.3. The fourth-order valence-corrected chi connectivity index (χ4v) is 14.9. The first-order valence-corrected chi connectivity index (χ1v) is 31.1. The highest BCUT2D eigenvalue weighted by atomic mass is 15.1. The van der Waals surface area contributed by atoms with Crippen LogP contribution in [0.25, 0.3) is 166 Å². The van der Waals surface area contributed by atoms with E-state index in [0.717, 1.165) is 171 Å². The molecule has 0 amide bonds. The van der Waals surface area contributed by atoms with Crippen molar-refractivity contribution in [2.75, 3.05) is 0 Å². The molecule has 0 aliphatic heterocycles. The Morgan fingerprint density at radius 2 is 0.484 bits per heavy atom. The lowest BCUT2D eigenvalue weighted by molar-refractivity contribution is 1.04. The second-order valence-corrected chi connectivity index (χ2v) is 23.9. The molecule has 0 aliphatic carbocycles. The Bertz CT molecular complexity index is 5370. The smallest absolute Gasteiger partial charge is 0.104 e. The zero-order valence-electron chi connectivity index (χ0n) is 49.8. The highest BCUT2D eigenvalue weighted by molar-refractivity contribution is 6.18. The molecule has 0 atom stereocenters. The number of hydrogen-bond acceptors (Lipinski definition) is 1. The Labute approximate surface area is 525 Å². The van der Waals surface area contributed by atoms with Crippen molar-refractivity contribution in [2.45, 2.75) is 6.92 Å². The molecular weight excluding hydrogens is 1100 g/mol. The van der Waals surface area contributed by atoms with Gasteiger partial charge in [-0.25, -0.2) is 0 Å². The molecule has 0 aliphatic rings. The molecule has 5 heteroatoms. The van der Waals surface area contributed by atoms with E-state index >= 15 is 0 Å². The maximum absolute atomic E-state index is 13.3. The van der Waals surface area contributed by atoms with Crippen molar-refractivity contribution in [2.24, 2.45) is 0 Å².